The van der Waals surface area contributed by atoms with Crippen molar-refractivity contribution >= 4 is 45.7 Å². The van der Waals surface area contributed by atoms with E-state index in [-0.39, 0.29) is 22.6 Å². The zero-order valence-corrected chi connectivity index (χ0v) is 25.4. The number of Topliss-reactive ketones (excluding diaryl/α,β-unsaturated/α-hetero) is 1. The van der Waals surface area contributed by atoms with E-state index in [1.54, 1.807) is 36.4 Å². The third kappa shape index (κ3) is 5.57. The van der Waals surface area contributed by atoms with Crippen LogP contribution in [0.15, 0.2) is 76.6 Å². The Hall–Kier alpha value is -4.35. The van der Waals surface area contributed by atoms with Crippen LogP contribution in [0.3, 0.4) is 0 Å². The van der Waals surface area contributed by atoms with Crippen LogP contribution < -0.4 is 19.1 Å². The van der Waals surface area contributed by atoms with E-state index in [1.165, 1.54) is 35.1 Å². The van der Waals surface area contributed by atoms with Crippen LogP contribution in [0, 0.1) is 0 Å². The van der Waals surface area contributed by atoms with Gasteiger partial charge in [0, 0.05) is 17.7 Å². The maximum absolute atomic E-state index is 13.7. The lowest BCUT2D eigenvalue weighted by Gasteiger charge is -2.23. The van der Waals surface area contributed by atoms with Gasteiger partial charge in [0.2, 0.25) is 5.13 Å². The zero-order valence-electron chi connectivity index (χ0n) is 23.8. The number of thioether (sulfide) groups is 1. The lowest BCUT2D eigenvalue weighted by Crippen LogP contribution is -2.29. The number of aromatic nitrogens is 2. The molecule has 3 aromatic carbocycles. The van der Waals surface area contributed by atoms with Gasteiger partial charge < -0.3 is 19.3 Å². The van der Waals surface area contributed by atoms with Crippen LogP contribution in [0.5, 0.6) is 17.2 Å². The molecule has 0 bridgehead atoms. The lowest BCUT2D eigenvalue weighted by atomic mass is 9.94. The van der Waals surface area contributed by atoms with Crippen molar-refractivity contribution in [3.05, 3.63) is 94.6 Å². The van der Waals surface area contributed by atoms with E-state index in [1.807, 2.05) is 44.2 Å². The Labute approximate surface area is 257 Å². The predicted molar refractivity (Wildman–Crippen MR) is 165 cm³/mol. The highest BCUT2D eigenvalue weighted by atomic mass is 32.2. The first-order valence-corrected chi connectivity index (χ1v) is 15.6. The van der Waals surface area contributed by atoms with E-state index in [4.69, 9.17) is 14.2 Å². The highest BCUT2D eigenvalue weighted by molar-refractivity contribution is 8.00. The Morgan fingerprint density at radius 1 is 1.09 bits per heavy atom. The molecule has 0 radical (unpaired) electrons. The van der Waals surface area contributed by atoms with E-state index in [2.05, 4.69) is 10.2 Å². The average Bonchev–Trinajstić information content (AvgIpc) is 3.71. The van der Waals surface area contributed by atoms with Crippen molar-refractivity contribution in [3.63, 3.8) is 0 Å². The van der Waals surface area contributed by atoms with E-state index in [0.29, 0.717) is 45.7 Å². The third-order valence-corrected chi connectivity index (χ3v) is 9.35. The first-order chi connectivity index (χ1) is 20.9. The fourth-order valence-electron chi connectivity index (χ4n) is 5.28. The molecular formula is C32H29N3O6S2. The first-order valence-electron chi connectivity index (χ1n) is 13.8. The molecule has 2 aliphatic heterocycles. The maximum Gasteiger partial charge on any atom is 0.301 e. The van der Waals surface area contributed by atoms with Crippen LogP contribution in [-0.2, 0) is 21.8 Å². The van der Waals surface area contributed by atoms with Gasteiger partial charge in [0.15, 0.2) is 15.8 Å². The highest BCUT2D eigenvalue weighted by Crippen LogP contribution is 2.46. The number of rotatable bonds is 9. The third-order valence-electron chi connectivity index (χ3n) is 7.22. The summed E-state index contributed by atoms with van der Waals surface area (Å²) >= 11 is 2.71. The molecule has 3 heterocycles. The molecule has 2 aliphatic rings. The molecule has 6 rings (SSSR count). The summed E-state index contributed by atoms with van der Waals surface area (Å²) in [6, 6.07) is 19.5. The van der Waals surface area contributed by atoms with E-state index < -0.39 is 17.7 Å². The summed E-state index contributed by atoms with van der Waals surface area (Å²) in [7, 11) is 1.52. The van der Waals surface area contributed by atoms with Gasteiger partial charge in [-0.2, -0.15) is 0 Å². The van der Waals surface area contributed by atoms with Gasteiger partial charge in [-0.3, -0.25) is 14.5 Å². The van der Waals surface area contributed by atoms with Crippen molar-refractivity contribution in [2.45, 2.75) is 42.5 Å². The molecule has 220 valence electrons. The average molecular weight is 616 g/mol. The molecule has 43 heavy (non-hydrogen) atoms. The molecule has 1 fully saturated rings. The minimum atomic E-state index is -0.979. The van der Waals surface area contributed by atoms with Gasteiger partial charge in [0.1, 0.15) is 17.6 Å². The highest BCUT2D eigenvalue weighted by Gasteiger charge is 2.48. The fraction of sp³-hybridized carbons (Fsp3) is 0.250. The van der Waals surface area contributed by atoms with Crippen LogP contribution in [0.4, 0.5) is 5.13 Å². The molecule has 2 atom stereocenters. The Bertz CT molecular complexity index is 1720. The molecule has 0 saturated carbocycles. The van der Waals surface area contributed by atoms with Crippen molar-refractivity contribution in [1.82, 2.24) is 10.2 Å². The number of hydrogen-bond acceptors (Lipinski definition) is 10. The van der Waals surface area contributed by atoms with Crippen molar-refractivity contribution < 1.29 is 28.9 Å². The second kappa shape index (κ2) is 12.1. The molecule has 2 unspecified atom stereocenters. The predicted octanol–water partition coefficient (Wildman–Crippen LogP) is 6.19. The monoisotopic (exact) mass is 615 g/mol. The largest absolute Gasteiger partial charge is 0.507 e. The summed E-state index contributed by atoms with van der Waals surface area (Å²) in [4.78, 5) is 28.7. The van der Waals surface area contributed by atoms with Crippen molar-refractivity contribution in [1.29, 1.82) is 0 Å². The minimum absolute atomic E-state index is 0.0145. The summed E-state index contributed by atoms with van der Waals surface area (Å²) in [5.74, 6) is 0.492. The van der Waals surface area contributed by atoms with Crippen molar-refractivity contribution in [2.24, 2.45) is 0 Å². The van der Waals surface area contributed by atoms with Crippen LogP contribution in [-0.4, -0.2) is 46.8 Å². The quantitative estimate of drug-likeness (QED) is 0.0775. The zero-order chi connectivity index (χ0) is 30.1. The lowest BCUT2D eigenvalue weighted by molar-refractivity contribution is -0.132. The number of anilines is 1. The van der Waals surface area contributed by atoms with Gasteiger partial charge in [0.05, 0.1) is 25.3 Å². The molecule has 9 nitrogen and oxygen atoms in total. The Morgan fingerprint density at radius 3 is 2.67 bits per heavy atom. The van der Waals surface area contributed by atoms with Crippen molar-refractivity contribution in [2.75, 3.05) is 18.6 Å². The topological polar surface area (TPSA) is 111 Å². The van der Waals surface area contributed by atoms with Gasteiger partial charge in [-0.25, -0.2) is 0 Å². The summed E-state index contributed by atoms with van der Waals surface area (Å²) in [5.41, 5.74) is 2.98. The van der Waals surface area contributed by atoms with Gasteiger partial charge in [0.25, 0.3) is 5.78 Å². The number of aliphatic hydroxyl groups is 1. The number of methoxy groups -OCH3 is 1. The number of nitrogens with zero attached hydrogens (tertiary/aromatic N) is 3. The van der Waals surface area contributed by atoms with Crippen molar-refractivity contribution in [3.8, 4) is 17.2 Å². The second-order valence-electron chi connectivity index (χ2n) is 10.1. The molecule has 0 aliphatic carbocycles. The molecule has 11 heteroatoms. The molecule has 1 saturated heterocycles. The molecule has 0 spiro atoms. The van der Waals surface area contributed by atoms with E-state index in [0.717, 1.165) is 16.9 Å². The summed E-state index contributed by atoms with van der Waals surface area (Å²) in [5, 5.41) is 20.5. The normalized spacial score (nSPS) is 18.9. The summed E-state index contributed by atoms with van der Waals surface area (Å²) in [6.07, 6.45) is 0.694. The number of carbonyl (C=O) groups excluding carboxylic acids is 2. The Morgan fingerprint density at radius 2 is 1.91 bits per heavy atom. The number of hydrogen-bond donors (Lipinski definition) is 1. The number of aliphatic hydroxyl groups excluding tert-OH is 1. The van der Waals surface area contributed by atoms with Gasteiger partial charge in [-0.05, 0) is 60.9 Å². The Balaban J connectivity index is 1.43. The van der Waals surface area contributed by atoms with Crippen LogP contribution >= 0.6 is 23.1 Å². The number of ketones is 1. The fourth-order valence-corrected chi connectivity index (χ4v) is 7.10. The smallest absolute Gasteiger partial charge is 0.301 e. The number of amides is 1. The number of benzene rings is 3. The summed E-state index contributed by atoms with van der Waals surface area (Å²) in [6.45, 7) is 4.27. The van der Waals surface area contributed by atoms with Gasteiger partial charge in [-0.15, -0.1) is 10.2 Å². The first kappa shape index (κ1) is 28.8. The maximum atomic E-state index is 13.7. The minimum Gasteiger partial charge on any atom is -0.507 e. The van der Waals surface area contributed by atoms with Gasteiger partial charge >= 0.3 is 5.91 Å². The standard InChI is InChI=1S/C32H29N3O6S2/c1-4-40-24-13-10-20(16-25(24)39-3)27-26(28(36)21-11-12-23-22(15-21)14-18(2)41-23)29(37)30(38)35(27)31-33-34-32(43-31)42-17-19-8-6-5-7-9-19/h5-13,15-16,18,27,36H,4,14,17H2,1-3H3/b28-26+. The Kier molecular flexibility index (Phi) is 8.09. The van der Waals surface area contributed by atoms with Crippen LogP contribution in [0.25, 0.3) is 5.76 Å². The number of ether oxygens (including phenoxy) is 3. The van der Waals surface area contributed by atoms with Crippen LogP contribution in [0.1, 0.15) is 42.1 Å². The molecular weight excluding hydrogens is 587 g/mol. The second-order valence-corrected chi connectivity index (χ2v) is 12.3. The molecule has 1 aromatic heterocycles. The molecule has 4 aromatic rings. The van der Waals surface area contributed by atoms with E-state index >= 15 is 0 Å². The SMILES string of the molecule is CCOc1ccc(C2/C(=C(\O)c3ccc4c(c3)CC(C)O4)C(=O)C(=O)N2c2nnc(SCc3ccccc3)s2)cc1OC. The number of fused-ring (bicyclic) bond motifs is 1. The summed E-state index contributed by atoms with van der Waals surface area (Å²) < 4.78 is 17.7. The van der Waals surface area contributed by atoms with Crippen LogP contribution in [0.2, 0.25) is 0 Å². The van der Waals surface area contributed by atoms with E-state index in [9.17, 15) is 14.7 Å². The van der Waals surface area contributed by atoms with Gasteiger partial charge in [-0.1, -0.05) is 59.5 Å². The number of carbonyl (C=O) groups is 2. The molecule has 1 N–H and O–H groups in total. The molecule has 1 amide bonds.